The van der Waals surface area contributed by atoms with E-state index < -0.39 is 5.97 Å². The van der Waals surface area contributed by atoms with Crippen LogP contribution >= 0.6 is 0 Å². The molecule has 4 heteroatoms. The Balaban J connectivity index is 2.97. The minimum absolute atomic E-state index is 0.0365. The van der Waals surface area contributed by atoms with E-state index in [1.165, 1.54) is 25.3 Å². The van der Waals surface area contributed by atoms with Crippen molar-refractivity contribution in [1.29, 1.82) is 0 Å². The summed E-state index contributed by atoms with van der Waals surface area (Å²) in [5, 5.41) is 17.6. The van der Waals surface area contributed by atoms with Crippen molar-refractivity contribution in [3.63, 3.8) is 0 Å². The molecule has 4 nitrogen and oxygen atoms in total. The van der Waals surface area contributed by atoms with E-state index >= 15 is 0 Å². The van der Waals surface area contributed by atoms with E-state index in [-0.39, 0.29) is 5.75 Å². The lowest BCUT2D eigenvalue weighted by molar-refractivity contribution is -0.131. The van der Waals surface area contributed by atoms with Gasteiger partial charge in [-0.2, -0.15) is 0 Å². The molecule has 0 saturated carbocycles. The third-order valence-corrected chi connectivity index (χ3v) is 1.57. The van der Waals surface area contributed by atoms with Crippen molar-refractivity contribution in [2.45, 2.75) is 0 Å². The highest BCUT2D eigenvalue weighted by Crippen LogP contribution is 2.22. The van der Waals surface area contributed by atoms with Gasteiger partial charge in [-0.3, -0.25) is 0 Å². The summed E-state index contributed by atoms with van der Waals surface area (Å²) in [4.78, 5) is 10.2. The quantitative estimate of drug-likeness (QED) is 0.715. The number of phenols is 1. The topological polar surface area (TPSA) is 66.8 Å². The zero-order valence-corrected chi connectivity index (χ0v) is 7.60. The summed E-state index contributed by atoms with van der Waals surface area (Å²) in [6.45, 7) is 0. The first-order valence-electron chi connectivity index (χ1n) is 3.91. The van der Waals surface area contributed by atoms with Crippen LogP contribution in [0.4, 0.5) is 0 Å². The maximum Gasteiger partial charge on any atom is 0.328 e. The van der Waals surface area contributed by atoms with E-state index in [2.05, 4.69) is 0 Å². The van der Waals surface area contributed by atoms with Crippen LogP contribution in [-0.2, 0) is 4.79 Å². The van der Waals surface area contributed by atoms with Crippen LogP contribution in [0, 0.1) is 0 Å². The van der Waals surface area contributed by atoms with Crippen LogP contribution in [0.25, 0.3) is 6.08 Å². The molecule has 0 aliphatic heterocycles. The summed E-state index contributed by atoms with van der Waals surface area (Å²) < 4.78 is 4.90. The fourth-order valence-electron chi connectivity index (χ4n) is 0.987. The minimum atomic E-state index is -1.03. The molecule has 0 amide bonds. The van der Waals surface area contributed by atoms with Gasteiger partial charge in [-0.05, 0) is 23.8 Å². The molecule has 1 aromatic carbocycles. The lowest BCUT2D eigenvalue weighted by Gasteiger charge is -2.01. The number of phenolic OH excluding ortho intramolecular Hbond substituents is 1. The zero-order valence-electron chi connectivity index (χ0n) is 7.60. The first kappa shape index (κ1) is 10.1. The number of benzene rings is 1. The second-order valence-electron chi connectivity index (χ2n) is 2.64. The highest BCUT2D eigenvalue weighted by Gasteiger charge is 1.97. The standard InChI is InChI=1S/C10H10O4/c1-14-9-5-7(2-3-10(12)13)4-8(11)6-9/h2-6,11H,1H3,(H,12,13). The molecule has 0 bridgehead atoms. The predicted octanol–water partition coefficient (Wildman–Crippen LogP) is 1.50. The number of rotatable bonds is 3. The average Bonchev–Trinajstić information content (AvgIpc) is 2.14. The van der Waals surface area contributed by atoms with Crippen LogP contribution in [0.3, 0.4) is 0 Å². The van der Waals surface area contributed by atoms with Gasteiger partial charge in [-0.15, -0.1) is 0 Å². The molecular formula is C10H10O4. The van der Waals surface area contributed by atoms with Crippen molar-refractivity contribution in [2.75, 3.05) is 7.11 Å². The van der Waals surface area contributed by atoms with E-state index in [1.807, 2.05) is 0 Å². The molecule has 0 heterocycles. The van der Waals surface area contributed by atoms with E-state index in [1.54, 1.807) is 6.07 Å². The van der Waals surface area contributed by atoms with Crippen LogP contribution in [0.5, 0.6) is 11.5 Å². The van der Waals surface area contributed by atoms with Gasteiger partial charge in [0.05, 0.1) is 7.11 Å². The fourth-order valence-corrected chi connectivity index (χ4v) is 0.987. The van der Waals surface area contributed by atoms with Gasteiger partial charge in [-0.1, -0.05) is 0 Å². The Kier molecular flexibility index (Phi) is 3.12. The number of methoxy groups -OCH3 is 1. The molecule has 0 atom stereocenters. The van der Waals surface area contributed by atoms with Crippen molar-refractivity contribution in [1.82, 2.24) is 0 Å². The van der Waals surface area contributed by atoms with Crippen molar-refractivity contribution in [2.24, 2.45) is 0 Å². The van der Waals surface area contributed by atoms with Gasteiger partial charge in [0, 0.05) is 12.1 Å². The SMILES string of the molecule is COc1cc(O)cc(C=CC(=O)O)c1. The summed E-state index contributed by atoms with van der Waals surface area (Å²) in [6, 6.07) is 4.51. The largest absolute Gasteiger partial charge is 0.508 e. The Bertz CT molecular complexity index is 368. The Morgan fingerprint density at radius 3 is 2.71 bits per heavy atom. The van der Waals surface area contributed by atoms with Gasteiger partial charge in [0.25, 0.3) is 0 Å². The van der Waals surface area contributed by atoms with E-state index in [0.29, 0.717) is 11.3 Å². The highest BCUT2D eigenvalue weighted by molar-refractivity contribution is 5.85. The molecule has 2 N–H and O–H groups in total. The molecule has 1 aromatic rings. The Labute approximate surface area is 81.1 Å². The normalized spacial score (nSPS) is 10.4. The number of carboxylic acids is 1. The molecule has 0 aromatic heterocycles. The predicted molar refractivity (Wildman–Crippen MR) is 51.3 cm³/mol. The lowest BCUT2D eigenvalue weighted by Crippen LogP contribution is -1.87. The van der Waals surface area contributed by atoms with Gasteiger partial charge < -0.3 is 14.9 Å². The van der Waals surface area contributed by atoms with Crippen molar-refractivity contribution >= 4 is 12.0 Å². The number of aliphatic carboxylic acids is 1. The lowest BCUT2D eigenvalue weighted by atomic mass is 10.2. The molecule has 0 spiro atoms. The molecule has 1 rings (SSSR count). The van der Waals surface area contributed by atoms with E-state index in [9.17, 15) is 9.90 Å². The average molecular weight is 194 g/mol. The Morgan fingerprint density at radius 1 is 1.43 bits per heavy atom. The molecule has 0 aliphatic carbocycles. The van der Waals surface area contributed by atoms with Crippen LogP contribution in [0.1, 0.15) is 5.56 Å². The van der Waals surface area contributed by atoms with Crippen molar-refractivity contribution in [3.8, 4) is 11.5 Å². The first-order chi connectivity index (χ1) is 6.61. The number of ether oxygens (including phenoxy) is 1. The third-order valence-electron chi connectivity index (χ3n) is 1.57. The Hall–Kier alpha value is -1.97. The molecule has 14 heavy (non-hydrogen) atoms. The Morgan fingerprint density at radius 2 is 2.14 bits per heavy atom. The van der Waals surface area contributed by atoms with Gasteiger partial charge in [-0.25, -0.2) is 4.79 Å². The number of hydrogen-bond donors (Lipinski definition) is 2. The summed E-state index contributed by atoms with van der Waals surface area (Å²) >= 11 is 0. The van der Waals surface area contributed by atoms with Crippen LogP contribution < -0.4 is 4.74 Å². The monoisotopic (exact) mass is 194 g/mol. The summed E-state index contributed by atoms with van der Waals surface area (Å²) in [7, 11) is 1.47. The van der Waals surface area contributed by atoms with Gasteiger partial charge in [0.2, 0.25) is 0 Å². The third kappa shape index (κ3) is 2.82. The molecule has 0 aliphatic rings. The molecule has 0 unspecified atom stereocenters. The highest BCUT2D eigenvalue weighted by atomic mass is 16.5. The molecule has 0 saturated heterocycles. The van der Waals surface area contributed by atoms with Crippen molar-refractivity contribution in [3.05, 3.63) is 29.8 Å². The van der Waals surface area contributed by atoms with Crippen LogP contribution in [0.2, 0.25) is 0 Å². The molecular weight excluding hydrogens is 184 g/mol. The second kappa shape index (κ2) is 4.32. The van der Waals surface area contributed by atoms with Crippen molar-refractivity contribution < 1.29 is 19.7 Å². The van der Waals surface area contributed by atoms with Gasteiger partial charge >= 0.3 is 5.97 Å². The maximum absolute atomic E-state index is 10.2. The first-order valence-corrected chi connectivity index (χ1v) is 3.91. The van der Waals surface area contributed by atoms with Crippen LogP contribution in [0.15, 0.2) is 24.3 Å². The molecule has 0 fully saturated rings. The number of carbonyl (C=O) groups is 1. The van der Waals surface area contributed by atoms with E-state index in [0.717, 1.165) is 6.08 Å². The smallest absolute Gasteiger partial charge is 0.328 e. The molecule has 0 radical (unpaired) electrons. The number of aromatic hydroxyl groups is 1. The van der Waals surface area contributed by atoms with Gasteiger partial charge in [0.15, 0.2) is 0 Å². The van der Waals surface area contributed by atoms with Crippen LogP contribution in [-0.4, -0.2) is 23.3 Å². The fraction of sp³-hybridized carbons (Fsp3) is 0.100. The number of hydrogen-bond acceptors (Lipinski definition) is 3. The number of carboxylic acid groups (broad SMARTS) is 1. The second-order valence-corrected chi connectivity index (χ2v) is 2.64. The summed E-state index contributed by atoms with van der Waals surface area (Å²) in [5.74, 6) is -0.517. The van der Waals surface area contributed by atoms with E-state index in [4.69, 9.17) is 9.84 Å². The molecule has 74 valence electrons. The minimum Gasteiger partial charge on any atom is -0.508 e. The zero-order chi connectivity index (χ0) is 10.6. The summed E-state index contributed by atoms with van der Waals surface area (Å²) in [5.41, 5.74) is 0.573. The maximum atomic E-state index is 10.2. The van der Waals surface area contributed by atoms with Gasteiger partial charge in [0.1, 0.15) is 11.5 Å². The summed E-state index contributed by atoms with van der Waals surface area (Å²) in [6.07, 6.45) is 2.37.